The third-order valence-electron chi connectivity index (χ3n) is 2.54. The summed E-state index contributed by atoms with van der Waals surface area (Å²) in [4.78, 5) is 9.51. The molecule has 0 spiro atoms. The topological polar surface area (TPSA) is 63.8 Å². The Balaban J connectivity index is 2.23. The largest absolute Gasteiger partial charge is 0.308 e. The lowest BCUT2D eigenvalue weighted by Crippen LogP contribution is -2.09. The summed E-state index contributed by atoms with van der Waals surface area (Å²) in [6, 6.07) is 8.06. The molecule has 3 rings (SSSR count). The van der Waals surface area contributed by atoms with E-state index in [9.17, 15) is 4.39 Å². The van der Waals surface area contributed by atoms with Gasteiger partial charge in [-0.2, -0.15) is 0 Å². The molecule has 0 aliphatic carbocycles. The van der Waals surface area contributed by atoms with Gasteiger partial charge in [0.1, 0.15) is 10.6 Å². The van der Waals surface area contributed by atoms with Gasteiger partial charge in [-0.15, -0.1) is 11.3 Å². The second-order valence-corrected chi connectivity index (χ2v) is 4.58. The van der Waals surface area contributed by atoms with Crippen molar-refractivity contribution in [2.24, 2.45) is 5.84 Å². The Morgan fingerprint density at radius 2 is 2.11 bits per heavy atom. The average Bonchev–Trinajstić information content (AvgIpc) is 2.85. The molecular formula is C12H9FN4S. The zero-order chi connectivity index (χ0) is 12.5. The summed E-state index contributed by atoms with van der Waals surface area (Å²) in [5.74, 6) is 6.13. The van der Waals surface area contributed by atoms with Crippen LogP contribution >= 0.6 is 11.3 Å². The molecule has 3 N–H and O–H groups in total. The lowest BCUT2D eigenvalue weighted by molar-refractivity contribution is 0.628. The Kier molecular flexibility index (Phi) is 2.66. The van der Waals surface area contributed by atoms with E-state index in [1.807, 2.05) is 11.4 Å². The number of rotatable bonds is 2. The van der Waals surface area contributed by atoms with E-state index in [0.29, 0.717) is 17.2 Å². The maximum absolute atomic E-state index is 13.2. The third kappa shape index (κ3) is 1.81. The SMILES string of the molecule is NNc1nc(-c2cccc(F)c2)nc2sccc12. The molecule has 0 aliphatic heterocycles. The van der Waals surface area contributed by atoms with Crippen LogP contribution in [0.15, 0.2) is 35.7 Å². The summed E-state index contributed by atoms with van der Waals surface area (Å²) < 4.78 is 13.2. The van der Waals surface area contributed by atoms with Crippen LogP contribution in [0, 0.1) is 5.82 Å². The Bertz CT molecular complexity index is 710. The van der Waals surface area contributed by atoms with Crippen LogP contribution < -0.4 is 11.3 Å². The number of hydrogen-bond acceptors (Lipinski definition) is 5. The van der Waals surface area contributed by atoms with Crippen LogP contribution in [0.25, 0.3) is 21.6 Å². The maximum Gasteiger partial charge on any atom is 0.163 e. The van der Waals surface area contributed by atoms with E-state index in [1.54, 1.807) is 12.1 Å². The molecule has 1 aromatic carbocycles. The monoisotopic (exact) mass is 260 g/mol. The number of thiophene rings is 1. The van der Waals surface area contributed by atoms with Gasteiger partial charge in [0.05, 0.1) is 5.39 Å². The molecule has 4 nitrogen and oxygen atoms in total. The maximum atomic E-state index is 13.2. The number of nitrogens with zero attached hydrogens (tertiary/aromatic N) is 2. The van der Waals surface area contributed by atoms with Crippen LogP contribution in [0.4, 0.5) is 10.2 Å². The summed E-state index contributed by atoms with van der Waals surface area (Å²) in [6.07, 6.45) is 0. The molecule has 90 valence electrons. The lowest BCUT2D eigenvalue weighted by atomic mass is 10.2. The van der Waals surface area contributed by atoms with Crippen molar-refractivity contribution in [2.45, 2.75) is 0 Å². The Morgan fingerprint density at radius 1 is 1.22 bits per heavy atom. The van der Waals surface area contributed by atoms with E-state index in [4.69, 9.17) is 5.84 Å². The number of anilines is 1. The highest BCUT2D eigenvalue weighted by Crippen LogP contribution is 2.27. The van der Waals surface area contributed by atoms with E-state index < -0.39 is 0 Å². The number of aromatic nitrogens is 2. The predicted molar refractivity (Wildman–Crippen MR) is 70.6 cm³/mol. The van der Waals surface area contributed by atoms with Gasteiger partial charge >= 0.3 is 0 Å². The quantitative estimate of drug-likeness (QED) is 0.549. The fourth-order valence-corrected chi connectivity index (χ4v) is 2.49. The molecule has 0 aliphatic rings. The molecule has 2 heterocycles. The summed E-state index contributed by atoms with van der Waals surface area (Å²) in [5, 5.41) is 2.78. The van der Waals surface area contributed by atoms with Gasteiger partial charge < -0.3 is 5.43 Å². The summed E-state index contributed by atoms with van der Waals surface area (Å²) in [7, 11) is 0. The molecule has 0 saturated heterocycles. The van der Waals surface area contributed by atoms with Gasteiger partial charge in [0.2, 0.25) is 0 Å². The van der Waals surface area contributed by atoms with E-state index in [1.165, 1.54) is 23.5 Å². The van der Waals surface area contributed by atoms with Crippen LogP contribution in [0.1, 0.15) is 0 Å². The van der Waals surface area contributed by atoms with Crippen molar-refractivity contribution in [2.75, 3.05) is 5.43 Å². The van der Waals surface area contributed by atoms with Crippen LogP contribution in [-0.2, 0) is 0 Å². The first-order valence-corrected chi connectivity index (χ1v) is 6.13. The first-order valence-electron chi connectivity index (χ1n) is 5.26. The number of nitrogens with one attached hydrogen (secondary N) is 1. The molecule has 3 aromatic rings. The number of nitrogen functional groups attached to an aromatic ring is 1. The standard InChI is InChI=1S/C12H9FN4S/c13-8-3-1-2-7(6-8)10-15-11(17-14)9-4-5-18-12(9)16-10/h1-6H,14H2,(H,15,16,17). The van der Waals surface area contributed by atoms with Crippen LogP contribution in [0.5, 0.6) is 0 Å². The highest BCUT2D eigenvalue weighted by Gasteiger charge is 2.09. The Morgan fingerprint density at radius 3 is 2.89 bits per heavy atom. The van der Waals surface area contributed by atoms with Gasteiger partial charge in [-0.3, -0.25) is 0 Å². The Labute approximate surface area is 106 Å². The Hall–Kier alpha value is -2.05. The molecule has 0 saturated carbocycles. The number of hydrogen-bond donors (Lipinski definition) is 2. The molecule has 0 atom stereocenters. The molecule has 2 aromatic heterocycles. The minimum Gasteiger partial charge on any atom is -0.308 e. The van der Waals surface area contributed by atoms with Crippen molar-refractivity contribution < 1.29 is 4.39 Å². The van der Waals surface area contributed by atoms with E-state index >= 15 is 0 Å². The van der Waals surface area contributed by atoms with Crippen molar-refractivity contribution in [3.63, 3.8) is 0 Å². The first-order chi connectivity index (χ1) is 8.78. The summed E-state index contributed by atoms with van der Waals surface area (Å²) in [6.45, 7) is 0. The van der Waals surface area contributed by atoms with Gasteiger partial charge in [0.15, 0.2) is 11.6 Å². The summed E-state index contributed by atoms with van der Waals surface area (Å²) in [5.41, 5.74) is 3.17. The van der Waals surface area contributed by atoms with E-state index in [-0.39, 0.29) is 5.82 Å². The molecule has 18 heavy (non-hydrogen) atoms. The van der Waals surface area contributed by atoms with E-state index in [2.05, 4.69) is 15.4 Å². The zero-order valence-electron chi connectivity index (χ0n) is 9.22. The van der Waals surface area contributed by atoms with Crippen LogP contribution in [0.2, 0.25) is 0 Å². The van der Waals surface area contributed by atoms with Gasteiger partial charge in [0.25, 0.3) is 0 Å². The predicted octanol–water partition coefficient (Wildman–Crippen LogP) is 2.78. The highest BCUT2D eigenvalue weighted by atomic mass is 32.1. The van der Waals surface area contributed by atoms with Gasteiger partial charge in [-0.1, -0.05) is 12.1 Å². The molecule has 0 unspecified atom stereocenters. The fourth-order valence-electron chi connectivity index (χ4n) is 1.72. The molecule has 0 amide bonds. The second-order valence-electron chi connectivity index (χ2n) is 3.69. The van der Waals surface area contributed by atoms with Gasteiger partial charge in [-0.05, 0) is 23.6 Å². The number of benzene rings is 1. The smallest absolute Gasteiger partial charge is 0.163 e. The highest BCUT2D eigenvalue weighted by molar-refractivity contribution is 7.16. The number of hydrazine groups is 1. The van der Waals surface area contributed by atoms with Crippen molar-refractivity contribution >= 4 is 27.4 Å². The first kappa shape index (κ1) is 11.1. The second kappa shape index (κ2) is 4.32. The van der Waals surface area contributed by atoms with Crippen LogP contribution in [0.3, 0.4) is 0 Å². The number of nitrogens with two attached hydrogens (primary N) is 1. The molecular weight excluding hydrogens is 251 g/mol. The minimum absolute atomic E-state index is 0.315. The molecule has 0 fully saturated rings. The third-order valence-corrected chi connectivity index (χ3v) is 3.35. The minimum atomic E-state index is -0.315. The van der Waals surface area contributed by atoms with Crippen molar-refractivity contribution in [3.8, 4) is 11.4 Å². The van der Waals surface area contributed by atoms with Crippen molar-refractivity contribution in [1.82, 2.24) is 9.97 Å². The molecule has 0 bridgehead atoms. The fraction of sp³-hybridized carbons (Fsp3) is 0. The molecule has 6 heteroatoms. The van der Waals surface area contributed by atoms with Gasteiger partial charge in [-0.25, -0.2) is 20.2 Å². The average molecular weight is 260 g/mol. The zero-order valence-corrected chi connectivity index (χ0v) is 10.0. The van der Waals surface area contributed by atoms with Crippen molar-refractivity contribution in [3.05, 3.63) is 41.5 Å². The molecule has 0 radical (unpaired) electrons. The lowest BCUT2D eigenvalue weighted by Gasteiger charge is -2.05. The number of halogens is 1. The summed E-state index contributed by atoms with van der Waals surface area (Å²) >= 11 is 1.49. The number of fused-ring (bicyclic) bond motifs is 1. The normalized spacial score (nSPS) is 10.8. The van der Waals surface area contributed by atoms with Gasteiger partial charge in [0, 0.05) is 5.56 Å². The van der Waals surface area contributed by atoms with Crippen LogP contribution in [-0.4, -0.2) is 9.97 Å². The van der Waals surface area contributed by atoms with E-state index in [0.717, 1.165) is 10.2 Å². The van der Waals surface area contributed by atoms with Crippen molar-refractivity contribution in [1.29, 1.82) is 0 Å².